The van der Waals surface area contributed by atoms with Crippen LogP contribution in [0.25, 0.3) is 0 Å². The van der Waals surface area contributed by atoms with Crippen molar-refractivity contribution >= 4 is 17.2 Å². The van der Waals surface area contributed by atoms with E-state index in [9.17, 15) is 9.90 Å². The third-order valence-corrected chi connectivity index (χ3v) is 4.98. The van der Waals surface area contributed by atoms with Crippen LogP contribution in [-0.4, -0.2) is 29.0 Å². The minimum Gasteiger partial charge on any atom is -0.387 e. The molecule has 4 heteroatoms. The van der Waals surface area contributed by atoms with E-state index >= 15 is 0 Å². The molecule has 2 atom stereocenters. The molecular weight excluding hydrogens is 282 g/mol. The summed E-state index contributed by atoms with van der Waals surface area (Å²) >= 11 is 1.55. The summed E-state index contributed by atoms with van der Waals surface area (Å²) in [6.07, 6.45) is 0.804. The van der Waals surface area contributed by atoms with Gasteiger partial charge in [0.05, 0.1) is 6.10 Å². The van der Waals surface area contributed by atoms with Crippen molar-refractivity contribution in [2.45, 2.75) is 18.9 Å². The molecule has 110 valence electrons. The minimum absolute atomic E-state index is 0.0203. The van der Waals surface area contributed by atoms with Gasteiger partial charge in [0, 0.05) is 30.3 Å². The van der Waals surface area contributed by atoms with Crippen LogP contribution in [0.4, 0.5) is 0 Å². The van der Waals surface area contributed by atoms with Gasteiger partial charge in [0.1, 0.15) is 0 Å². The Labute approximate surface area is 128 Å². The standard InChI is InChI=1S/C17H19NO2S/c19-16-11-14(17(20)15-7-4-10-21-15)12-18(16)9-8-13-5-2-1-3-6-13/h1-7,10,14,17,20H,8-9,11-12H2. The Kier molecular flexibility index (Phi) is 4.36. The highest BCUT2D eigenvalue weighted by molar-refractivity contribution is 7.10. The van der Waals surface area contributed by atoms with E-state index in [0.717, 1.165) is 17.8 Å². The summed E-state index contributed by atoms with van der Waals surface area (Å²) in [5.74, 6) is 0.179. The lowest BCUT2D eigenvalue weighted by Crippen LogP contribution is -2.28. The van der Waals surface area contributed by atoms with Gasteiger partial charge in [0.15, 0.2) is 0 Å². The number of hydrogen-bond donors (Lipinski definition) is 1. The Morgan fingerprint density at radius 3 is 2.76 bits per heavy atom. The molecular formula is C17H19NO2S. The van der Waals surface area contributed by atoms with Crippen LogP contribution in [0.2, 0.25) is 0 Å². The molecule has 3 rings (SSSR count). The maximum Gasteiger partial charge on any atom is 0.223 e. The molecule has 0 bridgehead atoms. The number of nitrogens with zero attached hydrogens (tertiary/aromatic N) is 1. The molecule has 0 saturated carbocycles. The fraction of sp³-hybridized carbons (Fsp3) is 0.353. The monoisotopic (exact) mass is 301 g/mol. The molecule has 3 nitrogen and oxygen atoms in total. The normalized spacial score (nSPS) is 20.0. The largest absolute Gasteiger partial charge is 0.387 e. The van der Waals surface area contributed by atoms with Crippen LogP contribution in [0.15, 0.2) is 47.8 Å². The second-order valence-corrected chi connectivity index (χ2v) is 6.48. The average molecular weight is 301 g/mol. The number of carbonyl (C=O) groups excluding carboxylic acids is 1. The van der Waals surface area contributed by atoms with Gasteiger partial charge in [-0.25, -0.2) is 0 Å². The molecule has 1 aromatic heterocycles. The second kappa shape index (κ2) is 6.41. The van der Waals surface area contributed by atoms with Gasteiger partial charge in [-0.2, -0.15) is 0 Å². The topological polar surface area (TPSA) is 40.5 Å². The molecule has 2 aromatic rings. The predicted molar refractivity (Wildman–Crippen MR) is 84.1 cm³/mol. The molecule has 1 aliphatic rings. The van der Waals surface area contributed by atoms with Crippen LogP contribution < -0.4 is 0 Å². The molecule has 1 N–H and O–H groups in total. The first-order chi connectivity index (χ1) is 10.2. The zero-order valence-electron chi connectivity index (χ0n) is 11.8. The van der Waals surface area contributed by atoms with E-state index in [2.05, 4.69) is 12.1 Å². The molecule has 21 heavy (non-hydrogen) atoms. The molecule has 2 heterocycles. The van der Waals surface area contributed by atoms with Crippen molar-refractivity contribution in [1.29, 1.82) is 0 Å². The highest BCUT2D eigenvalue weighted by Gasteiger charge is 2.34. The first-order valence-electron chi connectivity index (χ1n) is 7.27. The van der Waals surface area contributed by atoms with Crippen molar-refractivity contribution in [3.05, 3.63) is 58.3 Å². The Morgan fingerprint density at radius 2 is 2.05 bits per heavy atom. The molecule has 0 spiro atoms. The van der Waals surface area contributed by atoms with Gasteiger partial charge in [0.25, 0.3) is 0 Å². The number of benzene rings is 1. The molecule has 1 aromatic carbocycles. The van der Waals surface area contributed by atoms with Gasteiger partial charge in [0.2, 0.25) is 5.91 Å². The Hall–Kier alpha value is -1.65. The number of likely N-dealkylation sites (tertiary alicyclic amines) is 1. The van der Waals surface area contributed by atoms with E-state index in [1.165, 1.54) is 5.56 Å². The highest BCUT2D eigenvalue weighted by atomic mass is 32.1. The summed E-state index contributed by atoms with van der Waals surface area (Å²) in [5.41, 5.74) is 1.24. The van der Waals surface area contributed by atoms with Gasteiger partial charge in [-0.1, -0.05) is 36.4 Å². The van der Waals surface area contributed by atoms with Crippen LogP contribution in [0.5, 0.6) is 0 Å². The number of carbonyl (C=O) groups is 1. The summed E-state index contributed by atoms with van der Waals surface area (Å²) in [6, 6.07) is 14.1. The highest BCUT2D eigenvalue weighted by Crippen LogP contribution is 2.32. The van der Waals surface area contributed by atoms with Crippen molar-refractivity contribution in [2.24, 2.45) is 5.92 Å². The Bertz CT molecular complexity index is 582. The fourth-order valence-electron chi connectivity index (χ4n) is 2.83. The average Bonchev–Trinajstić information content (AvgIpc) is 3.15. The van der Waals surface area contributed by atoms with Crippen LogP contribution >= 0.6 is 11.3 Å². The number of aliphatic hydroxyl groups is 1. The van der Waals surface area contributed by atoms with Gasteiger partial charge in [-0.15, -0.1) is 11.3 Å². The number of amides is 1. The van der Waals surface area contributed by atoms with Crippen LogP contribution in [-0.2, 0) is 11.2 Å². The smallest absolute Gasteiger partial charge is 0.223 e. The van der Waals surface area contributed by atoms with Crippen molar-refractivity contribution in [3.8, 4) is 0 Å². The van der Waals surface area contributed by atoms with E-state index in [4.69, 9.17) is 0 Å². The SMILES string of the molecule is O=C1CC(C(O)c2cccs2)CN1CCc1ccccc1. The first kappa shape index (κ1) is 14.3. The van der Waals surface area contributed by atoms with Crippen molar-refractivity contribution in [3.63, 3.8) is 0 Å². The van der Waals surface area contributed by atoms with Gasteiger partial charge >= 0.3 is 0 Å². The van der Waals surface area contributed by atoms with Gasteiger partial charge < -0.3 is 10.0 Å². The molecule has 1 amide bonds. The van der Waals surface area contributed by atoms with Gasteiger partial charge in [-0.05, 0) is 23.4 Å². The minimum atomic E-state index is -0.518. The number of rotatable bonds is 5. The second-order valence-electron chi connectivity index (χ2n) is 5.50. The summed E-state index contributed by atoms with van der Waals surface area (Å²) in [5, 5.41) is 12.3. The maximum atomic E-state index is 12.1. The van der Waals surface area contributed by atoms with Crippen LogP contribution in [0, 0.1) is 5.92 Å². The lowest BCUT2D eigenvalue weighted by atomic mass is 10.0. The quantitative estimate of drug-likeness (QED) is 0.922. The molecule has 0 radical (unpaired) electrons. The number of aliphatic hydroxyl groups excluding tert-OH is 1. The molecule has 2 unspecified atom stereocenters. The first-order valence-corrected chi connectivity index (χ1v) is 8.15. The van der Waals surface area contributed by atoms with E-state index in [1.54, 1.807) is 11.3 Å². The third kappa shape index (κ3) is 3.34. The third-order valence-electron chi connectivity index (χ3n) is 4.04. The van der Waals surface area contributed by atoms with E-state index in [-0.39, 0.29) is 11.8 Å². The van der Waals surface area contributed by atoms with Crippen LogP contribution in [0.1, 0.15) is 23.0 Å². The summed E-state index contributed by atoms with van der Waals surface area (Å²) in [6.45, 7) is 1.39. The van der Waals surface area contributed by atoms with E-state index < -0.39 is 6.10 Å². The fourth-order valence-corrected chi connectivity index (χ4v) is 3.63. The van der Waals surface area contributed by atoms with E-state index in [0.29, 0.717) is 13.0 Å². The van der Waals surface area contributed by atoms with Crippen molar-refractivity contribution in [1.82, 2.24) is 4.90 Å². The molecule has 1 fully saturated rings. The zero-order valence-corrected chi connectivity index (χ0v) is 12.6. The number of hydrogen-bond acceptors (Lipinski definition) is 3. The molecule has 1 aliphatic heterocycles. The van der Waals surface area contributed by atoms with Crippen LogP contribution in [0.3, 0.4) is 0 Å². The Morgan fingerprint density at radius 1 is 1.24 bits per heavy atom. The number of thiophene rings is 1. The van der Waals surface area contributed by atoms with Crippen molar-refractivity contribution in [2.75, 3.05) is 13.1 Å². The molecule has 0 aliphatic carbocycles. The predicted octanol–water partition coefficient (Wildman–Crippen LogP) is 2.87. The Balaban J connectivity index is 1.57. The lowest BCUT2D eigenvalue weighted by Gasteiger charge is -2.19. The molecule has 1 saturated heterocycles. The van der Waals surface area contributed by atoms with Crippen molar-refractivity contribution < 1.29 is 9.90 Å². The summed E-state index contributed by atoms with van der Waals surface area (Å²) in [4.78, 5) is 14.9. The lowest BCUT2D eigenvalue weighted by molar-refractivity contribution is -0.127. The van der Waals surface area contributed by atoms with E-state index in [1.807, 2.05) is 40.6 Å². The summed E-state index contributed by atoms with van der Waals surface area (Å²) < 4.78 is 0. The van der Waals surface area contributed by atoms with Gasteiger partial charge in [-0.3, -0.25) is 4.79 Å². The summed E-state index contributed by atoms with van der Waals surface area (Å²) in [7, 11) is 0. The zero-order chi connectivity index (χ0) is 14.7. The maximum absolute atomic E-state index is 12.1.